The van der Waals surface area contributed by atoms with E-state index in [1.165, 1.54) is 0 Å². The van der Waals surface area contributed by atoms with Crippen LogP contribution in [0.4, 0.5) is 0 Å². The highest BCUT2D eigenvalue weighted by Gasteiger charge is 2.05. The summed E-state index contributed by atoms with van der Waals surface area (Å²) < 4.78 is 5.69. The minimum absolute atomic E-state index is 0.0104. The Morgan fingerprint density at radius 3 is 2.70 bits per heavy atom. The van der Waals surface area contributed by atoms with Crippen molar-refractivity contribution in [1.29, 1.82) is 0 Å². The van der Waals surface area contributed by atoms with Gasteiger partial charge in [-0.2, -0.15) is 0 Å². The molecule has 0 atom stereocenters. The molecule has 0 saturated heterocycles. The largest absolute Gasteiger partial charge is 0.489 e. The van der Waals surface area contributed by atoms with E-state index in [-0.39, 0.29) is 6.61 Å². The van der Waals surface area contributed by atoms with Crippen LogP contribution >= 0.6 is 0 Å². The van der Waals surface area contributed by atoms with Crippen LogP contribution in [0.15, 0.2) is 42.5 Å². The van der Waals surface area contributed by atoms with Crippen LogP contribution in [0.1, 0.15) is 27.0 Å². The lowest BCUT2D eigenvalue weighted by Gasteiger charge is -2.10. The number of ether oxygens (including phenoxy) is 1. The van der Waals surface area contributed by atoms with Crippen molar-refractivity contribution in [2.75, 3.05) is 0 Å². The van der Waals surface area contributed by atoms with Crippen LogP contribution in [-0.2, 0) is 13.2 Å². The third-order valence-electron chi connectivity index (χ3n) is 3.10. The number of carbonyl (C=O) groups excluding carboxylic acids is 1. The average Bonchev–Trinajstić information content (AvgIpc) is 2.46. The molecule has 0 unspecified atom stereocenters. The Morgan fingerprint density at radius 1 is 1.25 bits per heavy atom. The number of benzene rings is 2. The molecule has 1 amide bonds. The van der Waals surface area contributed by atoms with Crippen LogP contribution in [-0.4, -0.2) is 11.0 Å². The normalized spacial score (nSPS) is 10.3. The monoisotopic (exact) mass is 271 g/mol. The first-order valence-electron chi connectivity index (χ1n) is 6.32. The summed E-state index contributed by atoms with van der Waals surface area (Å²) in [6, 6.07) is 12.6. The van der Waals surface area contributed by atoms with Gasteiger partial charge in [-0.25, -0.2) is 0 Å². The predicted molar refractivity (Wildman–Crippen MR) is 76.4 cm³/mol. The zero-order chi connectivity index (χ0) is 14.5. The van der Waals surface area contributed by atoms with E-state index in [9.17, 15) is 4.79 Å². The summed E-state index contributed by atoms with van der Waals surface area (Å²) in [6.45, 7) is 2.30. The zero-order valence-electron chi connectivity index (χ0n) is 11.3. The first-order chi connectivity index (χ1) is 9.60. The van der Waals surface area contributed by atoms with Crippen molar-refractivity contribution in [3.8, 4) is 5.75 Å². The van der Waals surface area contributed by atoms with Gasteiger partial charge >= 0.3 is 0 Å². The number of aliphatic hydroxyl groups is 1. The average molecular weight is 271 g/mol. The van der Waals surface area contributed by atoms with Gasteiger partial charge in [0.15, 0.2) is 0 Å². The lowest BCUT2D eigenvalue weighted by Crippen LogP contribution is -2.11. The van der Waals surface area contributed by atoms with Crippen LogP contribution < -0.4 is 10.5 Å². The summed E-state index contributed by atoms with van der Waals surface area (Å²) >= 11 is 0. The maximum absolute atomic E-state index is 11.1. The molecule has 0 fully saturated rings. The topological polar surface area (TPSA) is 72.6 Å². The van der Waals surface area contributed by atoms with E-state index in [2.05, 4.69) is 0 Å². The fourth-order valence-electron chi connectivity index (χ4n) is 1.91. The van der Waals surface area contributed by atoms with E-state index < -0.39 is 5.91 Å². The van der Waals surface area contributed by atoms with Crippen LogP contribution in [0.25, 0.3) is 0 Å². The Hall–Kier alpha value is -2.33. The Morgan fingerprint density at radius 2 is 2.05 bits per heavy atom. The summed E-state index contributed by atoms with van der Waals surface area (Å²) in [4.78, 5) is 11.1. The molecule has 0 saturated carbocycles. The third kappa shape index (κ3) is 3.36. The standard InChI is InChI=1S/C16H17NO3/c1-11-7-13(16(17)19)5-6-14(11)10-20-15-4-2-3-12(8-15)9-18/h2-8,18H,9-10H2,1H3,(H2,17,19). The maximum Gasteiger partial charge on any atom is 0.248 e. The van der Waals surface area contributed by atoms with E-state index in [1.807, 2.05) is 31.2 Å². The number of nitrogens with two attached hydrogens (primary N) is 1. The SMILES string of the molecule is Cc1cc(C(N)=O)ccc1COc1cccc(CO)c1. The number of amides is 1. The van der Waals surface area contributed by atoms with Crippen molar-refractivity contribution in [3.63, 3.8) is 0 Å². The number of carbonyl (C=O) groups is 1. The van der Waals surface area contributed by atoms with Gasteiger partial charge in [-0.3, -0.25) is 4.79 Å². The first kappa shape index (κ1) is 14.1. The number of primary amides is 1. The highest BCUT2D eigenvalue weighted by molar-refractivity contribution is 5.93. The number of hydrogen-bond acceptors (Lipinski definition) is 3. The summed E-state index contributed by atoms with van der Waals surface area (Å²) in [5.74, 6) is 0.270. The molecule has 20 heavy (non-hydrogen) atoms. The zero-order valence-corrected chi connectivity index (χ0v) is 11.3. The number of hydrogen-bond donors (Lipinski definition) is 2. The second-order valence-corrected chi connectivity index (χ2v) is 4.60. The minimum atomic E-state index is -0.434. The smallest absolute Gasteiger partial charge is 0.248 e. The molecule has 3 N–H and O–H groups in total. The van der Waals surface area contributed by atoms with Crippen LogP contribution in [0.3, 0.4) is 0 Å². The molecule has 0 spiro atoms. The first-order valence-corrected chi connectivity index (χ1v) is 6.32. The Bertz CT molecular complexity index is 623. The molecule has 4 heteroatoms. The van der Waals surface area contributed by atoms with Gasteiger partial charge in [0.05, 0.1) is 6.61 Å². The molecular formula is C16H17NO3. The fourth-order valence-corrected chi connectivity index (χ4v) is 1.91. The summed E-state index contributed by atoms with van der Waals surface area (Å²) in [5.41, 5.74) is 8.49. The molecular weight excluding hydrogens is 254 g/mol. The highest BCUT2D eigenvalue weighted by atomic mass is 16.5. The predicted octanol–water partition coefficient (Wildman–Crippen LogP) is 2.17. The van der Waals surface area contributed by atoms with Crippen molar-refractivity contribution in [3.05, 3.63) is 64.7 Å². The van der Waals surface area contributed by atoms with Gasteiger partial charge in [0.25, 0.3) is 0 Å². The van der Waals surface area contributed by atoms with E-state index in [4.69, 9.17) is 15.6 Å². The van der Waals surface area contributed by atoms with Crippen molar-refractivity contribution in [2.24, 2.45) is 5.73 Å². The fraction of sp³-hybridized carbons (Fsp3) is 0.188. The van der Waals surface area contributed by atoms with E-state index in [0.29, 0.717) is 17.9 Å². The lowest BCUT2D eigenvalue weighted by atomic mass is 10.1. The lowest BCUT2D eigenvalue weighted by molar-refractivity contribution is 0.1000. The van der Waals surface area contributed by atoms with E-state index in [1.54, 1.807) is 18.2 Å². The molecule has 0 aromatic heterocycles. The number of rotatable bonds is 5. The Labute approximate surface area is 117 Å². The van der Waals surface area contributed by atoms with Crippen molar-refractivity contribution in [2.45, 2.75) is 20.1 Å². The van der Waals surface area contributed by atoms with Crippen LogP contribution in [0, 0.1) is 6.92 Å². The quantitative estimate of drug-likeness (QED) is 0.875. The molecule has 2 aromatic carbocycles. The number of aryl methyl sites for hydroxylation is 1. The van der Waals surface area contributed by atoms with Gasteiger partial charge in [-0.05, 0) is 47.9 Å². The van der Waals surface area contributed by atoms with Crippen molar-refractivity contribution in [1.82, 2.24) is 0 Å². The minimum Gasteiger partial charge on any atom is -0.489 e. The van der Waals surface area contributed by atoms with Gasteiger partial charge in [-0.1, -0.05) is 18.2 Å². The van der Waals surface area contributed by atoms with E-state index >= 15 is 0 Å². The molecule has 0 aliphatic carbocycles. The van der Waals surface area contributed by atoms with Crippen molar-refractivity contribution >= 4 is 5.91 Å². The molecule has 0 heterocycles. The molecule has 4 nitrogen and oxygen atoms in total. The Kier molecular flexibility index (Phi) is 4.38. The molecule has 2 rings (SSSR count). The third-order valence-corrected chi connectivity index (χ3v) is 3.10. The van der Waals surface area contributed by atoms with Gasteiger partial charge in [-0.15, -0.1) is 0 Å². The molecule has 0 radical (unpaired) electrons. The molecule has 0 bridgehead atoms. The van der Waals surface area contributed by atoms with Crippen LogP contribution in [0.5, 0.6) is 5.75 Å². The number of aliphatic hydroxyl groups excluding tert-OH is 1. The molecule has 0 aliphatic heterocycles. The second-order valence-electron chi connectivity index (χ2n) is 4.60. The van der Waals surface area contributed by atoms with Gasteiger partial charge < -0.3 is 15.6 Å². The maximum atomic E-state index is 11.1. The van der Waals surface area contributed by atoms with Crippen LogP contribution in [0.2, 0.25) is 0 Å². The summed E-state index contributed by atoms with van der Waals surface area (Å²) in [6.07, 6.45) is 0. The second kappa shape index (κ2) is 6.21. The molecule has 2 aromatic rings. The summed E-state index contributed by atoms with van der Waals surface area (Å²) in [5, 5.41) is 9.07. The van der Waals surface area contributed by atoms with Gasteiger partial charge in [0.2, 0.25) is 5.91 Å². The van der Waals surface area contributed by atoms with Gasteiger partial charge in [0, 0.05) is 5.56 Å². The van der Waals surface area contributed by atoms with Gasteiger partial charge in [0.1, 0.15) is 12.4 Å². The van der Waals surface area contributed by atoms with Crippen molar-refractivity contribution < 1.29 is 14.6 Å². The Balaban J connectivity index is 2.08. The highest BCUT2D eigenvalue weighted by Crippen LogP contribution is 2.17. The molecule has 104 valence electrons. The van der Waals surface area contributed by atoms with E-state index in [0.717, 1.165) is 16.7 Å². The summed E-state index contributed by atoms with van der Waals surface area (Å²) in [7, 11) is 0. The molecule has 0 aliphatic rings.